The van der Waals surface area contributed by atoms with Gasteiger partial charge in [-0.25, -0.2) is 17.7 Å². The molecule has 1 aromatic carbocycles. The molecule has 0 radical (unpaired) electrons. The Morgan fingerprint density at radius 1 is 1.00 bits per heavy atom. The Morgan fingerprint density at radius 2 is 1.67 bits per heavy atom. The molecule has 36 heavy (non-hydrogen) atoms. The fraction of sp³-hybridized carbons (Fsp3) is 0.440. The number of aryl methyl sites for hydroxylation is 1. The molecule has 190 valence electrons. The van der Waals surface area contributed by atoms with E-state index in [1.54, 1.807) is 28.6 Å². The average molecular weight is 511 g/mol. The van der Waals surface area contributed by atoms with Gasteiger partial charge in [0.1, 0.15) is 5.69 Å². The minimum Gasteiger partial charge on any atom is -0.366 e. The van der Waals surface area contributed by atoms with Crippen LogP contribution in [0.2, 0.25) is 0 Å². The summed E-state index contributed by atoms with van der Waals surface area (Å²) in [7, 11) is -3.16. The van der Waals surface area contributed by atoms with E-state index in [2.05, 4.69) is 4.98 Å². The normalized spacial score (nSPS) is 17.5. The molecule has 1 saturated carbocycles. The number of hydrogen-bond acceptors (Lipinski definition) is 6. The average Bonchev–Trinajstić information content (AvgIpc) is 3.66. The topological polar surface area (TPSA) is 154 Å². The number of hydrogen-bond donors (Lipinski definition) is 2. The Hall–Kier alpha value is -3.31. The van der Waals surface area contributed by atoms with Crippen molar-refractivity contribution in [2.45, 2.75) is 51.3 Å². The first-order valence-electron chi connectivity index (χ1n) is 12.1. The minimum atomic E-state index is -3.16. The van der Waals surface area contributed by atoms with Gasteiger partial charge in [0.05, 0.1) is 22.0 Å². The van der Waals surface area contributed by atoms with Gasteiger partial charge in [0.2, 0.25) is 15.9 Å². The Labute approximate surface area is 209 Å². The van der Waals surface area contributed by atoms with Gasteiger partial charge in [0.15, 0.2) is 0 Å². The zero-order valence-corrected chi connectivity index (χ0v) is 21.2. The van der Waals surface area contributed by atoms with Gasteiger partial charge < -0.3 is 11.5 Å². The predicted octanol–water partition coefficient (Wildman–Crippen LogP) is 2.12. The number of primary amides is 2. The van der Waals surface area contributed by atoms with Gasteiger partial charge in [-0.05, 0) is 51.5 Å². The summed E-state index contributed by atoms with van der Waals surface area (Å²) in [6.07, 6.45) is 3.02. The van der Waals surface area contributed by atoms with Crippen LogP contribution in [0.4, 0.5) is 0 Å². The molecule has 1 aliphatic heterocycles. The van der Waals surface area contributed by atoms with Gasteiger partial charge in [-0.2, -0.15) is 5.10 Å². The predicted molar refractivity (Wildman–Crippen MR) is 136 cm³/mol. The number of piperidine rings is 1. The summed E-state index contributed by atoms with van der Waals surface area (Å²) in [4.78, 5) is 29.6. The summed E-state index contributed by atoms with van der Waals surface area (Å²) < 4.78 is 28.6. The molecule has 0 atom stereocenters. The summed E-state index contributed by atoms with van der Waals surface area (Å²) >= 11 is 0. The quantitative estimate of drug-likeness (QED) is 0.496. The monoisotopic (exact) mass is 510 g/mol. The van der Waals surface area contributed by atoms with Crippen molar-refractivity contribution in [1.29, 1.82) is 0 Å². The number of fused-ring (bicyclic) bond motifs is 1. The number of sulfonamides is 1. The van der Waals surface area contributed by atoms with Gasteiger partial charge in [-0.15, -0.1) is 0 Å². The van der Waals surface area contributed by atoms with Crippen molar-refractivity contribution >= 4 is 32.7 Å². The van der Waals surface area contributed by atoms with Crippen molar-refractivity contribution in [1.82, 2.24) is 19.1 Å². The molecule has 0 spiro atoms. The van der Waals surface area contributed by atoms with E-state index in [0.29, 0.717) is 47.4 Å². The van der Waals surface area contributed by atoms with Crippen molar-refractivity contribution in [2.75, 3.05) is 13.1 Å². The van der Waals surface area contributed by atoms with Crippen LogP contribution >= 0.6 is 0 Å². The standard InChI is InChI=1S/C25H30N6O4S/c1-14-20(22-21(24(26)32)18-5-3-4-6-19(18)28-23(22)25(27)33)15(2)31(29-14)13-16-9-11-30(12-10-16)36(34,35)17-7-8-17/h3-6,16-17H,7-13H2,1-2H3,(H2,26,32)(H2,27,33). The van der Waals surface area contributed by atoms with Gasteiger partial charge >= 0.3 is 0 Å². The molecule has 10 nitrogen and oxygen atoms in total. The molecular formula is C25H30N6O4S. The molecule has 2 fully saturated rings. The molecule has 0 unspecified atom stereocenters. The molecule has 3 heterocycles. The molecule has 4 N–H and O–H groups in total. The third-order valence-corrected chi connectivity index (χ3v) is 9.71. The van der Waals surface area contributed by atoms with E-state index in [4.69, 9.17) is 16.6 Å². The van der Waals surface area contributed by atoms with Crippen molar-refractivity contribution < 1.29 is 18.0 Å². The fourth-order valence-electron chi connectivity index (χ4n) is 5.29. The highest BCUT2D eigenvalue weighted by atomic mass is 32.2. The molecule has 2 aromatic heterocycles. The van der Waals surface area contributed by atoms with Crippen LogP contribution < -0.4 is 11.5 Å². The van der Waals surface area contributed by atoms with E-state index in [1.165, 1.54) is 0 Å². The third kappa shape index (κ3) is 4.16. The second-order valence-corrected chi connectivity index (χ2v) is 12.0. The number of pyridine rings is 1. The Balaban J connectivity index is 1.50. The van der Waals surface area contributed by atoms with Gasteiger partial charge in [0.25, 0.3) is 5.91 Å². The molecule has 3 aromatic rings. The first-order chi connectivity index (χ1) is 17.1. The maximum atomic E-state index is 12.7. The largest absolute Gasteiger partial charge is 0.366 e. The van der Waals surface area contributed by atoms with Crippen molar-refractivity contribution in [3.05, 3.63) is 46.9 Å². The molecular weight excluding hydrogens is 480 g/mol. The first kappa shape index (κ1) is 24.4. The van der Waals surface area contributed by atoms with Crippen molar-refractivity contribution in [3.63, 3.8) is 0 Å². The summed E-state index contributed by atoms with van der Waals surface area (Å²) in [6.45, 7) is 5.33. The maximum absolute atomic E-state index is 12.7. The van der Waals surface area contributed by atoms with Crippen LogP contribution in [0.5, 0.6) is 0 Å². The van der Waals surface area contributed by atoms with Crippen LogP contribution in [0, 0.1) is 19.8 Å². The van der Waals surface area contributed by atoms with E-state index in [0.717, 1.165) is 31.4 Å². The van der Waals surface area contributed by atoms with E-state index >= 15 is 0 Å². The van der Waals surface area contributed by atoms with Crippen LogP contribution in [0.3, 0.4) is 0 Å². The number of para-hydroxylation sites is 1. The molecule has 2 aliphatic rings. The molecule has 1 aliphatic carbocycles. The zero-order valence-electron chi connectivity index (χ0n) is 20.4. The lowest BCUT2D eigenvalue weighted by atomic mass is 9.92. The summed E-state index contributed by atoms with van der Waals surface area (Å²) in [5, 5.41) is 5.07. The maximum Gasteiger partial charge on any atom is 0.267 e. The molecule has 5 rings (SSSR count). The number of rotatable bonds is 7. The number of benzene rings is 1. The molecule has 2 amide bonds. The Kier molecular flexibility index (Phi) is 6.08. The fourth-order valence-corrected chi connectivity index (χ4v) is 7.17. The number of nitrogens with two attached hydrogens (primary N) is 2. The van der Waals surface area contributed by atoms with Crippen LogP contribution in [0.15, 0.2) is 24.3 Å². The first-order valence-corrected chi connectivity index (χ1v) is 13.7. The Morgan fingerprint density at radius 3 is 2.28 bits per heavy atom. The highest BCUT2D eigenvalue weighted by Gasteiger charge is 2.41. The summed E-state index contributed by atoms with van der Waals surface area (Å²) in [5.41, 5.74) is 14.5. The second kappa shape index (κ2) is 8.97. The number of aromatic nitrogens is 3. The zero-order chi connectivity index (χ0) is 25.8. The van der Waals surface area contributed by atoms with E-state index in [1.807, 2.05) is 18.5 Å². The van der Waals surface area contributed by atoms with E-state index in [-0.39, 0.29) is 22.4 Å². The SMILES string of the molecule is Cc1nn(CC2CCN(S(=O)(=O)C3CC3)CC2)c(C)c1-c1c(C(N)=O)nc2ccccc2c1C(N)=O. The minimum absolute atomic E-state index is 0.0214. The lowest BCUT2D eigenvalue weighted by molar-refractivity contribution is 0.0996. The lowest BCUT2D eigenvalue weighted by Crippen LogP contribution is -2.41. The summed E-state index contributed by atoms with van der Waals surface area (Å²) in [5.74, 6) is -1.18. The third-order valence-electron chi connectivity index (χ3n) is 7.31. The van der Waals surface area contributed by atoms with E-state index < -0.39 is 21.8 Å². The van der Waals surface area contributed by atoms with Gasteiger partial charge in [0, 0.05) is 41.8 Å². The second-order valence-electron chi connectivity index (χ2n) is 9.77. The van der Waals surface area contributed by atoms with Crippen molar-refractivity contribution in [3.8, 4) is 11.1 Å². The number of amides is 2. The van der Waals surface area contributed by atoms with Gasteiger partial charge in [-0.3, -0.25) is 14.3 Å². The lowest BCUT2D eigenvalue weighted by Gasteiger charge is -2.31. The van der Waals surface area contributed by atoms with Crippen molar-refractivity contribution in [2.24, 2.45) is 17.4 Å². The Bertz CT molecular complexity index is 1480. The van der Waals surface area contributed by atoms with Crippen LogP contribution in [0.1, 0.15) is 57.9 Å². The van der Waals surface area contributed by atoms with Crippen LogP contribution in [-0.2, 0) is 16.6 Å². The number of carbonyl (C=O) groups excluding carboxylic acids is 2. The smallest absolute Gasteiger partial charge is 0.267 e. The van der Waals surface area contributed by atoms with Gasteiger partial charge in [-0.1, -0.05) is 18.2 Å². The molecule has 1 saturated heterocycles. The molecule has 0 bridgehead atoms. The van der Waals surface area contributed by atoms with Crippen LogP contribution in [-0.4, -0.2) is 57.6 Å². The highest BCUT2D eigenvalue weighted by molar-refractivity contribution is 7.90. The molecule has 11 heteroatoms. The number of nitrogens with zero attached hydrogens (tertiary/aromatic N) is 4. The summed E-state index contributed by atoms with van der Waals surface area (Å²) in [6, 6.07) is 7.00. The van der Waals surface area contributed by atoms with E-state index in [9.17, 15) is 18.0 Å². The van der Waals surface area contributed by atoms with Crippen LogP contribution in [0.25, 0.3) is 22.0 Å². The number of carbonyl (C=O) groups is 2. The highest BCUT2D eigenvalue weighted by Crippen LogP contribution is 2.37.